The second-order valence-electron chi connectivity index (χ2n) is 8.18. The van der Waals surface area contributed by atoms with E-state index in [-0.39, 0.29) is 23.7 Å². The maximum absolute atomic E-state index is 15.1. The van der Waals surface area contributed by atoms with Crippen molar-refractivity contribution in [3.8, 4) is 0 Å². The molecule has 1 aromatic rings. The minimum Gasteiger partial charge on any atom is -0.353 e. The fourth-order valence-corrected chi connectivity index (χ4v) is 4.97. The van der Waals surface area contributed by atoms with Gasteiger partial charge in [0.25, 0.3) is 11.8 Å². The minimum atomic E-state index is -1.66. The van der Waals surface area contributed by atoms with Crippen molar-refractivity contribution in [2.24, 2.45) is 11.8 Å². The highest BCUT2D eigenvalue weighted by atomic mass is 19.1. The van der Waals surface area contributed by atoms with Crippen molar-refractivity contribution in [2.45, 2.75) is 56.7 Å². The molecular weight excluding hydrogens is 335 g/mol. The molecule has 3 aliphatic rings. The van der Waals surface area contributed by atoms with Crippen LogP contribution in [0.3, 0.4) is 0 Å². The van der Waals surface area contributed by atoms with E-state index in [0.29, 0.717) is 12.1 Å². The lowest BCUT2D eigenvalue weighted by Gasteiger charge is -2.26. The molecule has 3 atom stereocenters. The second-order valence-corrected chi connectivity index (χ2v) is 8.18. The first-order valence-corrected chi connectivity index (χ1v) is 9.69. The zero-order valence-electron chi connectivity index (χ0n) is 15.5. The molecule has 1 N–H and O–H groups in total. The number of nitrogens with zero attached hydrogens (tertiary/aromatic N) is 3. The third-order valence-electron chi connectivity index (χ3n) is 6.42. The Kier molecular flexibility index (Phi) is 4.28. The Bertz CT molecular complexity index is 717. The standard InChI is InChI=1S/C19H27FN4O2/c1-23(2)17(25)13-11-22-24-9-5-6-12(16(13)24)10-21-18(26)19(20)14-7-3-4-8-15(14)19/h11-12,14-15H,3-10H2,1-2H3,(H,21,26). The smallest absolute Gasteiger partial charge is 0.258 e. The monoisotopic (exact) mass is 362 g/mol. The van der Waals surface area contributed by atoms with Gasteiger partial charge in [-0.25, -0.2) is 4.39 Å². The van der Waals surface area contributed by atoms with Crippen molar-refractivity contribution in [1.29, 1.82) is 0 Å². The first kappa shape index (κ1) is 17.5. The molecule has 4 rings (SSSR count). The van der Waals surface area contributed by atoms with E-state index in [0.717, 1.165) is 50.8 Å². The van der Waals surface area contributed by atoms with Crippen molar-refractivity contribution >= 4 is 11.8 Å². The Morgan fingerprint density at radius 2 is 1.96 bits per heavy atom. The second kappa shape index (κ2) is 6.35. The summed E-state index contributed by atoms with van der Waals surface area (Å²) in [6, 6.07) is 0. The van der Waals surface area contributed by atoms with Crippen LogP contribution in [0.4, 0.5) is 4.39 Å². The number of hydrogen-bond acceptors (Lipinski definition) is 3. The highest BCUT2D eigenvalue weighted by molar-refractivity contribution is 5.95. The van der Waals surface area contributed by atoms with Gasteiger partial charge in [-0.15, -0.1) is 0 Å². The Morgan fingerprint density at radius 1 is 1.27 bits per heavy atom. The molecule has 6 nitrogen and oxygen atoms in total. The van der Waals surface area contributed by atoms with Gasteiger partial charge in [-0.05, 0) is 25.7 Å². The number of fused-ring (bicyclic) bond motifs is 2. The normalized spacial score (nSPS) is 32.3. The van der Waals surface area contributed by atoms with E-state index in [9.17, 15) is 9.59 Å². The Labute approximate surface area is 153 Å². The first-order valence-electron chi connectivity index (χ1n) is 9.69. The molecule has 0 spiro atoms. The van der Waals surface area contributed by atoms with Gasteiger partial charge in [0, 0.05) is 44.9 Å². The Hall–Kier alpha value is -1.92. The van der Waals surface area contributed by atoms with Crippen molar-refractivity contribution < 1.29 is 14.0 Å². The summed E-state index contributed by atoms with van der Waals surface area (Å²) in [5.74, 6) is -0.706. The summed E-state index contributed by atoms with van der Waals surface area (Å²) in [6.45, 7) is 1.14. The van der Waals surface area contributed by atoms with Crippen LogP contribution in [0.25, 0.3) is 0 Å². The molecule has 2 saturated carbocycles. The molecule has 0 bridgehead atoms. The predicted molar refractivity (Wildman–Crippen MR) is 94.5 cm³/mol. The molecule has 1 aliphatic heterocycles. The zero-order valence-corrected chi connectivity index (χ0v) is 15.5. The summed E-state index contributed by atoms with van der Waals surface area (Å²) in [5.41, 5.74) is -0.200. The lowest BCUT2D eigenvalue weighted by molar-refractivity contribution is -0.128. The molecule has 2 amide bonds. The fourth-order valence-electron chi connectivity index (χ4n) is 4.97. The highest BCUT2D eigenvalue weighted by Gasteiger charge is 2.70. The summed E-state index contributed by atoms with van der Waals surface area (Å²) in [7, 11) is 3.43. The Morgan fingerprint density at radius 3 is 2.62 bits per heavy atom. The van der Waals surface area contributed by atoms with Crippen LogP contribution in [0.1, 0.15) is 60.5 Å². The molecule has 2 aliphatic carbocycles. The lowest BCUT2D eigenvalue weighted by Crippen LogP contribution is -2.39. The van der Waals surface area contributed by atoms with Gasteiger partial charge < -0.3 is 10.2 Å². The molecule has 7 heteroatoms. The van der Waals surface area contributed by atoms with E-state index in [4.69, 9.17) is 0 Å². The van der Waals surface area contributed by atoms with E-state index in [1.165, 1.54) is 4.90 Å². The summed E-state index contributed by atoms with van der Waals surface area (Å²) in [5, 5.41) is 7.20. The van der Waals surface area contributed by atoms with Crippen molar-refractivity contribution in [3.63, 3.8) is 0 Å². The third kappa shape index (κ3) is 2.63. The first-order chi connectivity index (χ1) is 12.4. The molecule has 2 heterocycles. The SMILES string of the molecule is CN(C)C(=O)c1cnn2c1C(CNC(=O)C1(F)C3CCCCC31)CCC2. The van der Waals surface area contributed by atoms with Gasteiger partial charge in [0.05, 0.1) is 17.5 Å². The topological polar surface area (TPSA) is 67.2 Å². The Balaban J connectivity index is 1.46. The van der Waals surface area contributed by atoms with Crippen molar-refractivity contribution in [2.75, 3.05) is 20.6 Å². The molecular formula is C19H27FN4O2. The molecule has 3 unspecified atom stereocenters. The van der Waals surface area contributed by atoms with Gasteiger partial charge in [-0.1, -0.05) is 12.8 Å². The number of hydrogen-bond donors (Lipinski definition) is 1. The number of nitrogens with one attached hydrogen (secondary N) is 1. The average Bonchev–Trinajstić information content (AvgIpc) is 3.04. The number of aryl methyl sites for hydroxylation is 1. The van der Waals surface area contributed by atoms with E-state index >= 15 is 4.39 Å². The van der Waals surface area contributed by atoms with Gasteiger partial charge in [0.15, 0.2) is 5.67 Å². The highest BCUT2D eigenvalue weighted by Crippen LogP contribution is 2.61. The summed E-state index contributed by atoms with van der Waals surface area (Å²) in [4.78, 5) is 26.5. The summed E-state index contributed by atoms with van der Waals surface area (Å²) < 4.78 is 16.9. The zero-order chi connectivity index (χ0) is 18.5. The largest absolute Gasteiger partial charge is 0.353 e. The van der Waals surface area contributed by atoms with E-state index in [1.807, 2.05) is 4.68 Å². The van der Waals surface area contributed by atoms with Crippen LogP contribution >= 0.6 is 0 Å². The van der Waals surface area contributed by atoms with Gasteiger partial charge in [-0.3, -0.25) is 14.3 Å². The molecule has 2 fully saturated rings. The molecule has 1 aromatic heterocycles. The maximum Gasteiger partial charge on any atom is 0.258 e. The van der Waals surface area contributed by atoms with Crippen LogP contribution in [0.15, 0.2) is 6.20 Å². The quantitative estimate of drug-likeness (QED) is 0.892. The predicted octanol–water partition coefficient (Wildman–Crippen LogP) is 2.11. The summed E-state index contributed by atoms with van der Waals surface area (Å²) in [6.07, 6.45) is 7.13. The van der Waals surface area contributed by atoms with E-state index in [1.54, 1.807) is 20.3 Å². The van der Waals surface area contributed by atoms with Gasteiger partial charge in [0.2, 0.25) is 0 Å². The minimum absolute atomic E-state index is 0.00141. The number of amides is 2. The van der Waals surface area contributed by atoms with Crippen LogP contribution in [0, 0.1) is 11.8 Å². The third-order valence-corrected chi connectivity index (χ3v) is 6.42. The van der Waals surface area contributed by atoms with Crippen molar-refractivity contribution in [1.82, 2.24) is 20.0 Å². The summed E-state index contributed by atoms with van der Waals surface area (Å²) >= 11 is 0. The van der Waals surface area contributed by atoms with Crippen LogP contribution in [0.2, 0.25) is 0 Å². The molecule has 142 valence electrons. The van der Waals surface area contributed by atoms with Gasteiger partial charge in [-0.2, -0.15) is 5.10 Å². The fraction of sp³-hybridized carbons (Fsp3) is 0.737. The van der Waals surface area contributed by atoms with Crippen molar-refractivity contribution in [3.05, 3.63) is 17.5 Å². The van der Waals surface area contributed by atoms with Crippen LogP contribution in [-0.4, -0.2) is 52.8 Å². The molecule has 0 aromatic carbocycles. The van der Waals surface area contributed by atoms with Gasteiger partial charge >= 0.3 is 0 Å². The number of alkyl halides is 1. The number of carbonyl (C=O) groups is 2. The molecule has 0 saturated heterocycles. The average molecular weight is 362 g/mol. The number of halogens is 1. The number of rotatable bonds is 4. The van der Waals surface area contributed by atoms with E-state index < -0.39 is 11.6 Å². The maximum atomic E-state index is 15.1. The van der Waals surface area contributed by atoms with Crippen LogP contribution < -0.4 is 5.32 Å². The number of aromatic nitrogens is 2. The van der Waals surface area contributed by atoms with E-state index in [2.05, 4.69) is 10.4 Å². The molecule has 0 radical (unpaired) electrons. The number of carbonyl (C=O) groups excluding carboxylic acids is 2. The molecule has 26 heavy (non-hydrogen) atoms. The van der Waals surface area contributed by atoms with Gasteiger partial charge in [0.1, 0.15) is 0 Å². The van der Waals surface area contributed by atoms with Crippen LogP contribution in [0.5, 0.6) is 0 Å². The lowest BCUT2D eigenvalue weighted by atomic mass is 9.92. The van der Waals surface area contributed by atoms with Crippen LogP contribution in [-0.2, 0) is 11.3 Å².